The number of carbonyl (C=O) groups is 2. The molecule has 0 bridgehead atoms. The van der Waals surface area contributed by atoms with Crippen molar-refractivity contribution >= 4 is 12.1 Å². The topological polar surface area (TPSA) is 75.6 Å². The Morgan fingerprint density at radius 3 is 2.00 bits per heavy atom. The Morgan fingerprint density at radius 1 is 0.897 bits per heavy atom. The highest BCUT2D eigenvalue weighted by Crippen LogP contribution is 2.44. The number of carboxylic acids is 1. The lowest BCUT2D eigenvalue weighted by atomic mass is 9.89. The normalized spacial score (nSPS) is 21.4. The highest BCUT2D eigenvalue weighted by atomic mass is 16.5. The number of hydrogen-bond acceptors (Lipinski definition) is 3. The number of fused-ring (bicyclic) bond motifs is 3. The van der Waals surface area contributed by atoms with Gasteiger partial charge in [0.15, 0.2) is 0 Å². The molecule has 2 aromatic carbocycles. The third-order valence-electron chi connectivity index (χ3n) is 6.23. The zero-order valence-electron chi connectivity index (χ0n) is 16.5. The summed E-state index contributed by atoms with van der Waals surface area (Å²) in [6.07, 6.45) is 4.20. The van der Waals surface area contributed by atoms with Crippen molar-refractivity contribution in [3.8, 4) is 11.1 Å². The Hall–Kier alpha value is -2.82. The molecule has 1 saturated carbocycles. The zero-order valence-corrected chi connectivity index (χ0v) is 16.5. The number of benzene rings is 2. The van der Waals surface area contributed by atoms with E-state index in [1.807, 2.05) is 24.3 Å². The molecule has 29 heavy (non-hydrogen) atoms. The summed E-state index contributed by atoms with van der Waals surface area (Å²) in [6.45, 7) is 0.313. The van der Waals surface area contributed by atoms with Crippen LogP contribution in [0.25, 0.3) is 11.1 Å². The lowest BCUT2D eigenvalue weighted by Gasteiger charge is -2.23. The highest BCUT2D eigenvalue weighted by Gasteiger charge is 2.29. The van der Waals surface area contributed by atoms with Crippen LogP contribution in [0.1, 0.15) is 55.6 Å². The van der Waals surface area contributed by atoms with Crippen molar-refractivity contribution in [3.05, 3.63) is 59.7 Å². The molecule has 2 aromatic rings. The molecule has 5 nitrogen and oxygen atoms in total. The fourth-order valence-corrected chi connectivity index (χ4v) is 4.71. The fourth-order valence-electron chi connectivity index (χ4n) is 4.71. The maximum absolute atomic E-state index is 12.4. The van der Waals surface area contributed by atoms with E-state index in [0.29, 0.717) is 19.4 Å². The number of nitrogens with one attached hydrogen (secondary N) is 1. The van der Waals surface area contributed by atoms with Crippen molar-refractivity contribution in [2.75, 3.05) is 6.61 Å². The first-order chi connectivity index (χ1) is 14.1. The van der Waals surface area contributed by atoms with Crippen LogP contribution in [-0.2, 0) is 9.53 Å². The third-order valence-corrected chi connectivity index (χ3v) is 6.23. The predicted octanol–water partition coefficient (Wildman–Crippen LogP) is 4.95. The molecule has 0 atom stereocenters. The summed E-state index contributed by atoms with van der Waals surface area (Å²) in [5.74, 6) is -0.889. The SMILES string of the molecule is O=C(NC1CCCC(C(=O)O)CCC1)OCC1c2ccccc2-c2ccccc21. The zero-order chi connectivity index (χ0) is 20.2. The largest absolute Gasteiger partial charge is 0.481 e. The van der Waals surface area contributed by atoms with Gasteiger partial charge in [0.25, 0.3) is 0 Å². The molecule has 0 heterocycles. The Kier molecular flexibility index (Phi) is 5.84. The number of hydrogen-bond donors (Lipinski definition) is 2. The van der Waals surface area contributed by atoms with Crippen LogP contribution in [-0.4, -0.2) is 29.8 Å². The molecule has 152 valence electrons. The first kappa shape index (κ1) is 19.5. The van der Waals surface area contributed by atoms with E-state index >= 15 is 0 Å². The maximum Gasteiger partial charge on any atom is 0.407 e. The van der Waals surface area contributed by atoms with Crippen LogP contribution in [0.4, 0.5) is 4.79 Å². The Morgan fingerprint density at radius 2 is 1.45 bits per heavy atom. The number of alkyl carbamates (subject to hydrolysis) is 1. The minimum absolute atomic E-state index is 0.0559. The second-order valence-corrected chi connectivity index (χ2v) is 8.06. The molecule has 2 aliphatic rings. The van der Waals surface area contributed by atoms with Crippen molar-refractivity contribution in [3.63, 3.8) is 0 Å². The van der Waals surface area contributed by atoms with E-state index in [4.69, 9.17) is 4.74 Å². The molecule has 1 amide bonds. The summed E-state index contributed by atoms with van der Waals surface area (Å²) in [7, 11) is 0. The molecule has 1 fully saturated rings. The van der Waals surface area contributed by atoms with Crippen LogP contribution in [0.15, 0.2) is 48.5 Å². The van der Waals surface area contributed by atoms with Crippen molar-refractivity contribution in [1.82, 2.24) is 5.32 Å². The minimum atomic E-state index is -0.701. The summed E-state index contributed by atoms with van der Waals surface area (Å²) < 4.78 is 5.63. The second-order valence-electron chi connectivity index (χ2n) is 8.06. The fraction of sp³-hybridized carbons (Fsp3) is 0.417. The van der Waals surface area contributed by atoms with Crippen LogP contribution >= 0.6 is 0 Å². The summed E-state index contributed by atoms with van der Waals surface area (Å²) in [5.41, 5.74) is 4.83. The van der Waals surface area contributed by atoms with Crippen molar-refractivity contribution in [1.29, 1.82) is 0 Å². The van der Waals surface area contributed by atoms with E-state index < -0.39 is 5.97 Å². The van der Waals surface area contributed by atoms with Crippen LogP contribution in [0.5, 0.6) is 0 Å². The smallest absolute Gasteiger partial charge is 0.407 e. The summed E-state index contributed by atoms with van der Waals surface area (Å²) >= 11 is 0. The number of ether oxygens (including phenoxy) is 1. The Bertz CT molecular complexity index is 838. The van der Waals surface area contributed by atoms with Gasteiger partial charge in [-0.2, -0.15) is 0 Å². The summed E-state index contributed by atoms with van der Waals surface area (Å²) in [5, 5.41) is 12.2. The molecule has 0 aromatic heterocycles. The molecule has 0 saturated heterocycles. The quantitative estimate of drug-likeness (QED) is 0.771. The molecular formula is C24H27NO4. The van der Waals surface area contributed by atoms with Crippen LogP contribution in [0, 0.1) is 5.92 Å². The molecule has 2 N–H and O–H groups in total. The van der Waals surface area contributed by atoms with Gasteiger partial charge in [0, 0.05) is 12.0 Å². The van der Waals surface area contributed by atoms with Crippen molar-refractivity contribution < 1.29 is 19.4 Å². The number of carbonyl (C=O) groups excluding carboxylic acids is 1. The van der Waals surface area contributed by atoms with Gasteiger partial charge in [-0.3, -0.25) is 4.79 Å². The van der Waals surface area contributed by atoms with Gasteiger partial charge >= 0.3 is 12.1 Å². The molecule has 2 aliphatic carbocycles. The van der Waals surface area contributed by atoms with Crippen molar-refractivity contribution in [2.45, 2.75) is 50.5 Å². The Labute approximate surface area is 171 Å². The lowest BCUT2D eigenvalue weighted by Crippen LogP contribution is -2.37. The average Bonchev–Trinajstić information content (AvgIpc) is 3.02. The van der Waals surface area contributed by atoms with E-state index in [0.717, 1.165) is 25.7 Å². The second kappa shape index (κ2) is 8.68. The van der Waals surface area contributed by atoms with Crippen molar-refractivity contribution in [2.24, 2.45) is 5.92 Å². The van der Waals surface area contributed by atoms with Gasteiger partial charge in [0.05, 0.1) is 5.92 Å². The standard InChI is InChI=1S/C24H27NO4/c26-23(27)16-7-5-9-17(10-6-8-16)25-24(28)29-15-22-20-13-3-1-11-18(20)19-12-2-4-14-21(19)22/h1-4,11-14,16-17,22H,5-10,15H2,(H,25,28)(H,26,27). The molecule has 5 heteroatoms. The van der Waals surface area contributed by atoms with Gasteiger partial charge in [-0.15, -0.1) is 0 Å². The van der Waals surface area contributed by atoms with Gasteiger partial charge in [0.2, 0.25) is 0 Å². The summed E-state index contributed by atoms with van der Waals surface area (Å²) in [4.78, 5) is 23.6. The predicted molar refractivity (Wildman–Crippen MR) is 111 cm³/mol. The molecule has 0 radical (unpaired) electrons. The maximum atomic E-state index is 12.4. The number of carboxylic acid groups (broad SMARTS) is 1. The van der Waals surface area contributed by atoms with Gasteiger partial charge in [-0.1, -0.05) is 61.4 Å². The van der Waals surface area contributed by atoms with E-state index in [-0.39, 0.29) is 24.0 Å². The lowest BCUT2D eigenvalue weighted by molar-refractivity contribution is -0.142. The number of amides is 1. The van der Waals surface area contributed by atoms with Gasteiger partial charge in [0.1, 0.15) is 6.61 Å². The van der Waals surface area contributed by atoms with E-state index in [2.05, 4.69) is 29.6 Å². The molecule has 4 rings (SSSR count). The summed E-state index contributed by atoms with van der Waals surface area (Å²) in [6, 6.07) is 16.6. The first-order valence-corrected chi connectivity index (χ1v) is 10.5. The van der Waals surface area contributed by atoms with E-state index in [1.165, 1.54) is 22.3 Å². The van der Waals surface area contributed by atoms with Gasteiger partial charge in [-0.05, 0) is 47.9 Å². The molecule has 0 unspecified atom stereocenters. The van der Waals surface area contributed by atoms with E-state index in [9.17, 15) is 14.7 Å². The number of aliphatic carboxylic acids is 1. The molecule has 0 spiro atoms. The van der Waals surface area contributed by atoms with Crippen LogP contribution in [0.2, 0.25) is 0 Å². The Balaban J connectivity index is 1.34. The highest BCUT2D eigenvalue weighted by molar-refractivity contribution is 5.79. The van der Waals surface area contributed by atoms with Gasteiger partial charge in [-0.25, -0.2) is 4.79 Å². The van der Waals surface area contributed by atoms with Crippen LogP contribution in [0.3, 0.4) is 0 Å². The third kappa shape index (κ3) is 4.29. The van der Waals surface area contributed by atoms with Crippen LogP contribution < -0.4 is 5.32 Å². The van der Waals surface area contributed by atoms with Gasteiger partial charge < -0.3 is 15.2 Å². The monoisotopic (exact) mass is 393 g/mol. The minimum Gasteiger partial charge on any atom is -0.481 e. The van der Waals surface area contributed by atoms with E-state index in [1.54, 1.807) is 0 Å². The molecule has 0 aliphatic heterocycles. The average molecular weight is 393 g/mol. The molecular weight excluding hydrogens is 366 g/mol. The first-order valence-electron chi connectivity index (χ1n) is 10.5. The number of rotatable bonds is 4.